The number of nitrogens with zero attached hydrogens (tertiary/aromatic N) is 1. The summed E-state index contributed by atoms with van der Waals surface area (Å²) in [7, 11) is 1.66. The molecule has 23 heavy (non-hydrogen) atoms. The lowest BCUT2D eigenvalue weighted by Crippen LogP contribution is -2.08. The maximum atomic E-state index is 6.48. The summed E-state index contributed by atoms with van der Waals surface area (Å²) in [5, 5.41) is 1.52. The van der Waals surface area contributed by atoms with Crippen molar-refractivity contribution in [2.75, 3.05) is 7.11 Å². The summed E-state index contributed by atoms with van der Waals surface area (Å²) in [5.41, 5.74) is 2.57. The van der Waals surface area contributed by atoms with Gasteiger partial charge in [0.25, 0.3) is 0 Å². The predicted octanol–water partition coefficient (Wildman–Crippen LogP) is 5.35. The summed E-state index contributed by atoms with van der Waals surface area (Å²) in [6.45, 7) is 3.99. The van der Waals surface area contributed by atoms with Crippen molar-refractivity contribution in [3.63, 3.8) is 0 Å². The second kappa shape index (κ2) is 6.47. The Bertz CT molecular complexity index is 846. The van der Waals surface area contributed by atoms with Crippen molar-refractivity contribution >= 4 is 22.5 Å². The zero-order valence-corrected chi connectivity index (χ0v) is 14.1. The number of halogens is 1. The lowest BCUT2D eigenvalue weighted by Gasteiger charge is -2.18. The molecule has 0 aliphatic heterocycles. The quantitative estimate of drug-likeness (QED) is 0.647. The molecule has 0 radical (unpaired) electrons. The van der Waals surface area contributed by atoms with E-state index in [9.17, 15) is 0 Å². The fourth-order valence-electron chi connectivity index (χ4n) is 2.60. The molecule has 0 amide bonds. The molecule has 0 spiro atoms. The van der Waals surface area contributed by atoms with Crippen LogP contribution in [0.2, 0.25) is 5.02 Å². The number of hydrogen-bond acceptors (Lipinski definition) is 3. The summed E-state index contributed by atoms with van der Waals surface area (Å²) in [6, 6.07) is 13.6. The van der Waals surface area contributed by atoms with Gasteiger partial charge in [0, 0.05) is 22.7 Å². The Morgan fingerprint density at radius 1 is 1.04 bits per heavy atom. The molecule has 0 N–H and O–H groups in total. The zero-order chi connectivity index (χ0) is 16.4. The van der Waals surface area contributed by atoms with Gasteiger partial charge in [-0.25, -0.2) is 0 Å². The first-order valence-corrected chi connectivity index (χ1v) is 7.87. The SMILES string of the molecule is COc1ccccc1-c1cc(Cl)c2cccnc2c1OC(C)C. The second-order valence-electron chi connectivity index (χ2n) is 5.50. The molecule has 0 bridgehead atoms. The molecule has 118 valence electrons. The molecule has 0 saturated heterocycles. The number of ether oxygens (including phenoxy) is 2. The smallest absolute Gasteiger partial charge is 0.153 e. The fourth-order valence-corrected chi connectivity index (χ4v) is 2.86. The molecule has 4 heteroatoms. The fraction of sp³-hybridized carbons (Fsp3) is 0.211. The summed E-state index contributed by atoms with van der Waals surface area (Å²) in [5.74, 6) is 1.50. The van der Waals surface area contributed by atoms with Crippen LogP contribution in [-0.4, -0.2) is 18.2 Å². The molecule has 0 aliphatic carbocycles. The molecule has 3 aromatic rings. The van der Waals surface area contributed by atoms with E-state index in [1.165, 1.54) is 0 Å². The summed E-state index contributed by atoms with van der Waals surface area (Å²) in [6.07, 6.45) is 1.77. The van der Waals surface area contributed by atoms with Gasteiger partial charge in [-0.2, -0.15) is 0 Å². The van der Waals surface area contributed by atoms with Gasteiger partial charge >= 0.3 is 0 Å². The van der Waals surface area contributed by atoms with Crippen molar-refractivity contribution < 1.29 is 9.47 Å². The van der Waals surface area contributed by atoms with E-state index in [1.807, 2.05) is 56.3 Å². The van der Waals surface area contributed by atoms with Crippen LogP contribution in [0.3, 0.4) is 0 Å². The number of hydrogen-bond donors (Lipinski definition) is 0. The van der Waals surface area contributed by atoms with Gasteiger partial charge in [0.1, 0.15) is 11.3 Å². The molecule has 3 rings (SSSR count). The predicted molar refractivity (Wildman–Crippen MR) is 94.5 cm³/mol. The van der Waals surface area contributed by atoms with Crippen molar-refractivity contribution in [2.45, 2.75) is 20.0 Å². The molecule has 0 aliphatic rings. The van der Waals surface area contributed by atoms with Gasteiger partial charge in [-0.3, -0.25) is 4.98 Å². The number of para-hydroxylation sites is 1. The zero-order valence-electron chi connectivity index (χ0n) is 13.3. The van der Waals surface area contributed by atoms with E-state index >= 15 is 0 Å². The first-order valence-electron chi connectivity index (χ1n) is 7.49. The second-order valence-corrected chi connectivity index (χ2v) is 5.91. The van der Waals surface area contributed by atoms with Gasteiger partial charge in [0.2, 0.25) is 0 Å². The van der Waals surface area contributed by atoms with Crippen molar-refractivity contribution in [1.29, 1.82) is 0 Å². The molecule has 3 nitrogen and oxygen atoms in total. The minimum atomic E-state index is 0.0230. The van der Waals surface area contributed by atoms with Gasteiger partial charge in [0.15, 0.2) is 5.75 Å². The van der Waals surface area contributed by atoms with Gasteiger partial charge < -0.3 is 9.47 Å². The number of rotatable bonds is 4. The third-order valence-corrected chi connectivity index (χ3v) is 3.86. The first kappa shape index (κ1) is 15.6. The van der Waals surface area contributed by atoms with E-state index in [2.05, 4.69) is 4.98 Å². The highest BCUT2D eigenvalue weighted by Crippen LogP contribution is 2.43. The van der Waals surface area contributed by atoms with Crippen LogP contribution in [0.5, 0.6) is 11.5 Å². The Labute approximate surface area is 140 Å². The van der Waals surface area contributed by atoms with Gasteiger partial charge in [0.05, 0.1) is 18.2 Å². The van der Waals surface area contributed by atoms with E-state index in [0.717, 1.165) is 33.5 Å². The van der Waals surface area contributed by atoms with Gasteiger partial charge in [-0.05, 0) is 38.1 Å². The minimum absolute atomic E-state index is 0.0230. The van der Waals surface area contributed by atoms with Crippen molar-refractivity contribution in [1.82, 2.24) is 4.98 Å². The molecule has 0 atom stereocenters. The monoisotopic (exact) mass is 327 g/mol. The number of pyridine rings is 1. The highest BCUT2D eigenvalue weighted by atomic mass is 35.5. The van der Waals surface area contributed by atoms with Crippen molar-refractivity contribution in [2.24, 2.45) is 0 Å². The van der Waals surface area contributed by atoms with E-state index in [4.69, 9.17) is 21.1 Å². The molecule has 1 aromatic heterocycles. The number of fused-ring (bicyclic) bond motifs is 1. The Hall–Kier alpha value is -2.26. The minimum Gasteiger partial charge on any atom is -0.496 e. The molecule has 2 aromatic carbocycles. The van der Waals surface area contributed by atoms with Crippen LogP contribution in [-0.2, 0) is 0 Å². The number of aromatic nitrogens is 1. The van der Waals surface area contributed by atoms with Gasteiger partial charge in [-0.1, -0.05) is 29.8 Å². The van der Waals surface area contributed by atoms with Crippen LogP contribution < -0.4 is 9.47 Å². The molecule has 0 unspecified atom stereocenters. The standard InChI is InChI=1S/C19H18ClNO2/c1-12(2)23-19-15(13-7-4-5-9-17(13)22-3)11-16(20)14-8-6-10-21-18(14)19/h4-12H,1-3H3. The van der Waals surface area contributed by atoms with Crippen LogP contribution >= 0.6 is 11.6 Å². The average molecular weight is 328 g/mol. The summed E-state index contributed by atoms with van der Waals surface area (Å²) < 4.78 is 11.6. The van der Waals surface area contributed by atoms with Crippen molar-refractivity contribution in [3.8, 4) is 22.6 Å². The van der Waals surface area contributed by atoms with E-state index in [1.54, 1.807) is 13.3 Å². The molecular weight excluding hydrogens is 310 g/mol. The third kappa shape index (κ3) is 2.97. The highest BCUT2D eigenvalue weighted by Gasteiger charge is 2.18. The maximum Gasteiger partial charge on any atom is 0.153 e. The van der Waals surface area contributed by atoms with E-state index in [0.29, 0.717) is 5.02 Å². The third-order valence-electron chi connectivity index (χ3n) is 3.55. The van der Waals surface area contributed by atoms with Crippen molar-refractivity contribution in [3.05, 3.63) is 53.7 Å². The summed E-state index contributed by atoms with van der Waals surface area (Å²) in [4.78, 5) is 4.49. The van der Waals surface area contributed by atoms with Crippen LogP contribution in [0.25, 0.3) is 22.0 Å². The van der Waals surface area contributed by atoms with Crippen LogP contribution in [0, 0.1) is 0 Å². The first-order chi connectivity index (χ1) is 11.1. The van der Waals surface area contributed by atoms with Crippen LogP contribution in [0.4, 0.5) is 0 Å². The summed E-state index contributed by atoms with van der Waals surface area (Å²) >= 11 is 6.48. The van der Waals surface area contributed by atoms with Crippen LogP contribution in [0.1, 0.15) is 13.8 Å². The maximum absolute atomic E-state index is 6.48. The van der Waals surface area contributed by atoms with E-state index in [-0.39, 0.29) is 6.10 Å². The van der Waals surface area contributed by atoms with E-state index < -0.39 is 0 Å². The normalized spacial score (nSPS) is 11.0. The number of benzene rings is 2. The topological polar surface area (TPSA) is 31.4 Å². The Balaban J connectivity index is 2.35. The largest absolute Gasteiger partial charge is 0.496 e. The Kier molecular flexibility index (Phi) is 4.39. The number of methoxy groups -OCH3 is 1. The van der Waals surface area contributed by atoms with Crippen LogP contribution in [0.15, 0.2) is 48.7 Å². The molecule has 0 fully saturated rings. The van der Waals surface area contributed by atoms with Gasteiger partial charge in [-0.15, -0.1) is 0 Å². The lowest BCUT2D eigenvalue weighted by molar-refractivity contribution is 0.246. The Morgan fingerprint density at radius 3 is 2.57 bits per heavy atom. The average Bonchev–Trinajstić information content (AvgIpc) is 2.57. The molecular formula is C19H18ClNO2. The molecule has 0 saturated carbocycles. The highest BCUT2D eigenvalue weighted by molar-refractivity contribution is 6.36. The Morgan fingerprint density at radius 2 is 1.83 bits per heavy atom. The lowest BCUT2D eigenvalue weighted by atomic mass is 10.0. The molecule has 1 heterocycles.